The van der Waals surface area contributed by atoms with Gasteiger partial charge in [-0.3, -0.25) is 24.1 Å². The first-order valence-corrected chi connectivity index (χ1v) is 19.7. The third-order valence-electron chi connectivity index (χ3n) is 11.0. The molecule has 1 fully saturated rings. The molecule has 2 N–H and O–H groups in total. The summed E-state index contributed by atoms with van der Waals surface area (Å²) in [6, 6.07) is 9.77. The van der Waals surface area contributed by atoms with Crippen molar-refractivity contribution >= 4 is 29.5 Å². The number of methoxy groups -OCH3 is 1. The van der Waals surface area contributed by atoms with Crippen LogP contribution in [0, 0.1) is 6.92 Å². The third kappa shape index (κ3) is 11.7. The zero-order valence-electron chi connectivity index (χ0n) is 34.2. The summed E-state index contributed by atoms with van der Waals surface area (Å²) >= 11 is 0. The Labute approximate surface area is 335 Å². The fourth-order valence-corrected chi connectivity index (χ4v) is 7.39. The molecule has 2 aliphatic heterocycles. The summed E-state index contributed by atoms with van der Waals surface area (Å²) in [5, 5.41) is 19.4. The van der Waals surface area contributed by atoms with E-state index in [1.54, 1.807) is 27.9 Å². The van der Waals surface area contributed by atoms with Crippen molar-refractivity contribution in [3.63, 3.8) is 0 Å². The van der Waals surface area contributed by atoms with Crippen LogP contribution in [0.5, 0.6) is 11.5 Å². The van der Waals surface area contributed by atoms with E-state index in [4.69, 9.17) is 24.1 Å². The Kier molecular flexibility index (Phi) is 16.8. The van der Waals surface area contributed by atoms with Gasteiger partial charge in [0.15, 0.2) is 11.6 Å². The number of esters is 2. The smallest absolute Gasteiger partial charge is 0.342 e. The van der Waals surface area contributed by atoms with Gasteiger partial charge in [-0.1, -0.05) is 54.8 Å². The van der Waals surface area contributed by atoms with Gasteiger partial charge < -0.3 is 29.2 Å². The number of cyclic esters (lactones) is 1. The SMILES string of the molecule is CC1=C(C)C(=O)C(C(CCCCCC(=O)O)c2ccccc2)=C(C)C1=O.COc1c(C)c2c(c(O)c1C/C=C(\C)CCC(=O)OCCN1CCOCC1)C(=O)OC2. The zero-order chi connectivity index (χ0) is 41.6. The number of hydrogen-bond donors (Lipinski definition) is 2. The first-order valence-electron chi connectivity index (χ1n) is 19.7. The molecule has 3 aliphatic rings. The van der Waals surface area contributed by atoms with Crippen LogP contribution in [-0.2, 0) is 46.4 Å². The Morgan fingerprint density at radius 2 is 1.60 bits per heavy atom. The second-order valence-corrected chi connectivity index (χ2v) is 14.7. The van der Waals surface area contributed by atoms with E-state index in [2.05, 4.69) is 4.90 Å². The average molecular weight is 788 g/mol. The van der Waals surface area contributed by atoms with Crippen molar-refractivity contribution in [2.75, 3.05) is 46.6 Å². The fourth-order valence-electron chi connectivity index (χ4n) is 7.39. The molecule has 12 heteroatoms. The highest BCUT2D eigenvalue weighted by molar-refractivity contribution is 6.25. The molecule has 2 aromatic rings. The second kappa shape index (κ2) is 21.5. The molecule has 2 heterocycles. The fraction of sp³-hybridized carbons (Fsp3) is 0.489. The van der Waals surface area contributed by atoms with Gasteiger partial charge in [-0.15, -0.1) is 0 Å². The number of aliphatic carboxylic acids is 1. The van der Waals surface area contributed by atoms with Crippen molar-refractivity contribution in [2.24, 2.45) is 0 Å². The summed E-state index contributed by atoms with van der Waals surface area (Å²) in [6.07, 6.45) is 6.29. The number of benzene rings is 2. The molecule has 0 saturated carbocycles. The molecule has 12 nitrogen and oxygen atoms in total. The average Bonchev–Trinajstić information content (AvgIpc) is 3.61. The highest BCUT2D eigenvalue weighted by Gasteiger charge is 2.34. The Hall–Kier alpha value is -5.07. The number of fused-ring (bicyclic) bond motifs is 1. The van der Waals surface area contributed by atoms with Crippen molar-refractivity contribution in [1.29, 1.82) is 0 Å². The summed E-state index contributed by atoms with van der Waals surface area (Å²) in [4.78, 5) is 62.4. The highest BCUT2D eigenvalue weighted by Crippen LogP contribution is 2.42. The maximum Gasteiger partial charge on any atom is 0.342 e. The van der Waals surface area contributed by atoms with Crippen molar-refractivity contribution in [3.05, 3.63) is 92.1 Å². The molecule has 0 aromatic heterocycles. The highest BCUT2D eigenvalue weighted by atomic mass is 16.5. The van der Waals surface area contributed by atoms with Gasteiger partial charge in [0, 0.05) is 71.8 Å². The Morgan fingerprint density at radius 1 is 0.912 bits per heavy atom. The molecule has 0 amide bonds. The minimum Gasteiger partial charge on any atom is -0.507 e. The number of Topliss-reactive ketones (excluding diaryl/α,β-unsaturated/α-hetero) is 2. The minimum atomic E-state index is -0.785. The molecule has 1 unspecified atom stereocenters. The normalized spacial score (nSPS) is 16.5. The monoisotopic (exact) mass is 787 g/mol. The number of phenolic OH excluding ortho intramolecular Hbond substituents is 1. The molecule has 2 aromatic carbocycles. The topological polar surface area (TPSA) is 166 Å². The van der Waals surface area contributed by atoms with E-state index < -0.39 is 11.9 Å². The number of allylic oxidation sites excluding steroid dienone is 6. The standard InChI is InChI=1S/C23H31NO7.C22H26O4/c1-15(5-7-19(25)30-13-10-24-8-11-29-12-9-24)4-6-17-21(26)20-18(14-31-23(20)27)16(2)22(17)28-3;1-14-15(2)22(26)20(16(3)21(14)25)18(17-10-6-4-7-11-17)12-8-5-9-13-19(23)24/h4,26H,5-14H2,1-3H3;4,6-7,10-11,18H,5,8-9,12-13H2,1-3H3,(H,23,24)/b15-4+;. The van der Waals surface area contributed by atoms with E-state index in [1.165, 1.54) is 0 Å². The van der Waals surface area contributed by atoms with Crippen molar-refractivity contribution < 1.29 is 53.1 Å². The number of carbonyl (C=O) groups is 5. The lowest BCUT2D eigenvalue weighted by Gasteiger charge is -2.26. The van der Waals surface area contributed by atoms with Crippen LogP contribution in [0.2, 0.25) is 0 Å². The van der Waals surface area contributed by atoms with Crippen LogP contribution in [0.25, 0.3) is 0 Å². The van der Waals surface area contributed by atoms with Gasteiger partial charge in [0.1, 0.15) is 30.3 Å². The number of nitrogens with zero attached hydrogens (tertiary/aromatic N) is 1. The van der Waals surface area contributed by atoms with Gasteiger partial charge in [0.05, 0.1) is 20.3 Å². The van der Waals surface area contributed by atoms with Crippen LogP contribution in [0.15, 0.2) is 64.3 Å². The summed E-state index contributed by atoms with van der Waals surface area (Å²) in [7, 11) is 1.54. The molecule has 0 spiro atoms. The van der Waals surface area contributed by atoms with Crippen LogP contribution in [0.4, 0.5) is 0 Å². The molecule has 0 bridgehead atoms. The minimum absolute atomic E-state index is 0.0426. The Bertz CT molecular complexity index is 1900. The molecule has 1 aliphatic carbocycles. The Balaban J connectivity index is 0.000000257. The van der Waals surface area contributed by atoms with Crippen molar-refractivity contribution in [3.8, 4) is 11.5 Å². The van der Waals surface area contributed by atoms with E-state index in [0.717, 1.165) is 68.8 Å². The zero-order valence-corrected chi connectivity index (χ0v) is 34.2. The molecular weight excluding hydrogens is 730 g/mol. The van der Waals surface area contributed by atoms with Crippen molar-refractivity contribution in [1.82, 2.24) is 4.90 Å². The van der Waals surface area contributed by atoms with E-state index >= 15 is 0 Å². The van der Waals surface area contributed by atoms with E-state index in [1.807, 2.05) is 50.3 Å². The van der Waals surface area contributed by atoms with Crippen LogP contribution in [0.3, 0.4) is 0 Å². The molecule has 1 saturated heterocycles. The van der Waals surface area contributed by atoms with E-state index in [0.29, 0.717) is 71.5 Å². The number of rotatable bonds is 17. The quantitative estimate of drug-likeness (QED) is 0.0722. The van der Waals surface area contributed by atoms with Crippen LogP contribution >= 0.6 is 0 Å². The maximum atomic E-state index is 12.9. The number of carbonyl (C=O) groups excluding carboxylic acids is 4. The van der Waals surface area contributed by atoms with Gasteiger partial charge in [-0.25, -0.2) is 4.79 Å². The van der Waals surface area contributed by atoms with Gasteiger partial charge in [0.25, 0.3) is 0 Å². The number of ketones is 2. The summed E-state index contributed by atoms with van der Waals surface area (Å²) in [5.41, 5.74) is 6.45. The van der Waals surface area contributed by atoms with Gasteiger partial charge >= 0.3 is 17.9 Å². The molecule has 5 rings (SSSR count). The number of phenols is 1. The summed E-state index contributed by atoms with van der Waals surface area (Å²) in [6.45, 7) is 13.4. The van der Waals surface area contributed by atoms with Gasteiger partial charge in [-0.2, -0.15) is 0 Å². The lowest BCUT2D eigenvalue weighted by molar-refractivity contribution is -0.144. The third-order valence-corrected chi connectivity index (χ3v) is 11.0. The van der Waals surface area contributed by atoms with E-state index in [9.17, 15) is 29.1 Å². The van der Waals surface area contributed by atoms with Gasteiger partial charge in [0.2, 0.25) is 0 Å². The summed E-state index contributed by atoms with van der Waals surface area (Å²) in [5.74, 6) is -1.29. The molecular formula is C45H57NO11. The van der Waals surface area contributed by atoms with Crippen molar-refractivity contribution in [2.45, 2.75) is 98.5 Å². The van der Waals surface area contributed by atoms with Gasteiger partial charge in [-0.05, 0) is 71.4 Å². The largest absolute Gasteiger partial charge is 0.507 e. The maximum absolute atomic E-state index is 12.9. The van der Waals surface area contributed by atoms with Crippen LogP contribution < -0.4 is 4.74 Å². The number of carboxylic acids is 1. The predicted octanol–water partition coefficient (Wildman–Crippen LogP) is 7.13. The summed E-state index contributed by atoms with van der Waals surface area (Å²) < 4.78 is 21.2. The van der Waals surface area contributed by atoms with E-state index in [-0.39, 0.29) is 47.8 Å². The van der Waals surface area contributed by atoms with Crippen LogP contribution in [0.1, 0.15) is 111 Å². The number of carboxylic acid groups (broad SMARTS) is 1. The lowest BCUT2D eigenvalue weighted by Crippen LogP contribution is -2.38. The Morgan fingerprint density at radius 3 is 2.26 bits per heavy atom. The number of morpholine rings is 1. The number of aromatic hydroxyl groups is 1. The second-order valence-electron chi connectivity index (χ2n) is 14.7. The first kappa shape index (κ1) is 44.6. The molecule has 0 radical (unpaired) electrons. The number of ether oxygens (including phenoxy) is 4. The molecule has 57 heavy (non-hydrogen) atoms. The molecule has 1 atom stereocenters. The first-order chi connectivity index (χ1) is 27.3. The number of unbranched alkanes of at least 4 members (excludes halogenated alkanes) is 2. The predicted molar refractivity (Wildman–Crippen MR) is 214 cm³/mol. The molecule has 308 valence electrons. The lowest BCUT2D eigenvalue weighted by atomic mass is 9.76. The number of hydrogen-bond acceptors (Lipinski definition) is 11. The van der Waals surface area contributed by atoms with Crippen LogP contribution in [-0.4, -0.2) is 91.2 Å².